The summed E-state index contributed by atoms with van der Waals surface area (Å²) in [6.45, 7) is 6.61. The van der Waals surface area contributed by atoms with Crippen molar-refractivity contribution < 1.29 is 22.6 Å². The van der Waals surface area contributed by atoms with Crippen molar-refractivity contribution in [3.63, 3.8) is 0 Å². The highest BCUT2D eigenvalue weighted by Gasteiger charge is 2.28. The van der Waals surface area contributed by atoms with Gasteiger partial charge in [-0.2, -0.15) is 13.2 Å². The number of halogens is 3. The molecule has 0 saturated carbocycles. The van der Waals surface area contributed by atoms with Crippen molar-refractivity contribution in [1.29, 1.82) is 0 Å². The number of guanidine groups is 1. The Labute approximate surface area is 157 Å². The van der Waals surface area contributed by atoms with Gasteiger partial charge in [-0.25, -0.2) is 9.98 Å². The lowest BCUT2D eigenvalue weighted by Crippen LogP contribution is -2.44. The van der Waals surface area contributed by atoms with Crippen LogP contribution in [-0.4, -0.2) is 74.6 Å². The molecule has 0 atom stereocenters. The number of aliphatic imine (C=N–C) groups is 1. The van der Waals surface area contributed by atoms with Crippen molar-refractivity contribution in [2.24, 2.45) is 4.99 Å². The van der Waals surface area contributed by atoms with Crippen molar-refractivity contribution in [1.82, 2.24) is 20.5 Å². The van der Waals surface area contributed by atoms with Gasteiger partial charge in [0, 0.05) is 45.0 Å². The average molecular weight is 389 g/mol. The zero-order valence-corrected chi connectivity index (χ0v) is 15.4. The van der Waals surface area contributed by atoms with E-state index in [2.05, 4.69) is 30.2 Å². The quantitative estimate of drug-likeness (QED) is 0.518. The molecule has 2 heterocycles. The van der Waals surface area contributed by atoms with E-state index in [4.69, 9.17) is 4.74 Å². The molecule has 0 amide bonds. The molecule has 152 valence electrons. The Bertz CT molecular complexity index is 592. The molecule has 2 rings (SSSR count). The Balaban J connectivity index is 1.83. The number of hydrogen-bond donors (Lipinski definition) is 2. The van der Waals surface area contributed by atoms with Gasteiger partial charge in [-0.1, -0.05) is 0 Å². The van der Waals surface area contributed by atoms with E-state index in [1.807, 2.05) is 6.92 Å². The zero-order valence-electron chi connectivity index (χ0n) is 15.4. The van der Waals surface area contributed by atoms with E-state index >= 15 is 0 Å². The molecule has 10 heteroatoms. The van der Waals surface area contributed by atoms with E-state index in [0.717, 1.165) is 39.4 Å². The van der Waals surface area contributed by atoms with Crippen LogP contribution >= 0.6 is 0 Å². The summed E-state index contributed by atoms with van der Waals surface area (Å²) in [7, 11) is 0. The topological polar surface area (TPSA) is 71.0 Å². The lowest BCUT2D eigenvalue weighted by Gasteiger charge is -2.26. The zero-order chi connectivity index (χ0) is 19.5. The average Bonchev–Trinajstić information content (AvgIpc) is 2.65. The second-order valence-electron chi connectivity index (χ2n) is 5.98. The third-order valence-electron chi connectivity index (χ3n) is 3.77. The number of alkyl halides is 3. The Morgan fingerprint density at radius 1 is 1.33 bits per heavy atom. The smallest absolute Gasteiger partial charge is 0.422 e. The van der Waals surface area contributed by atoms with Crippen molar-refractivity contribution in [2.45, 2.75) is 19.6 Å². The molecular formula is C17H26F3N5O2. The fraction of sp³-hybridized carbons (Fsp3) is 0.647. The highest BCUT2D eigenvalue weighted by molar-refractivity contribution is 5.79. The Kier molecular flexibility index (Phi) is 8.59. The monoisotopic (exact) mass is 389 g/mol. The molecule has 0 unspecified atom stereocenters. The molecule has 0 radical (unpaired) electrons. The molecule has 1 saturated heterocycles. The standard InChI is InChI=1S/C17H26F3N5O2/c1-2-21-16(23-5-6-25-7-9-26-10-8-25)24-12-14-3-4-22-15(11-14)27-13-17(18,19)20/h3-4,11H,2,5-10,12-13H2,1H3,(H2,21,23,24). The van der Waals surface area contributed by atoms with Crippen LogP contribution in [0.3, 0.4) is 0 Å². The van der Waals surface area contributed by atoms with Crippen LogP contribution in [0.15, 0.2) is 23.3 Å². The van der Waals surface area contributed by atoms with Gasteiger partial charge < -0.3 is 20.1 Å². The number of rotatable bonds is 8. The maximum absolute atomic E-state index is 12.2. The lowest BCUT2D eigenvalue weighted by atomic mass is 10.3. The minimum Gasteiger partial charge on any atom is -0.468 e. The summed E-state index contributed by atoms with van der Waals surface area (Å²) in [6, 6.07) is 3.16. The summed E-state index contributed by atoms with van der Waals surface area (Å²) >= 11 is 0. The molecule has 1 aromatic heterocycles. The third-order valence-corrected chi connectivity index (χ3v) is 3.77. The van der Waals surface area contributed by atoms with E-state index in [1.54, 1.807) is 6.07 Å². The van der Waals surface area contributed by atoms with Crippen LogP contribution in [0.4, 0.5) is 13.2 Å². The predicted molar refractivity (Wildman–Crippen MR) is 95.9 cm³/mol. The first kappa shape index (κ1) is 21.2. The van der Waals surface area contributed by atoms with Crippen LogP contribution in [0.1, 0.15) is 12.5 Å². The Morgan fingerprint density at radius 2 is 2.11 bits per heavy atom. The van der Waals surface area contributed by atoms with E-state index in [0.29, 0.717) is 24.6 Å². The number of pyridine rings is 1. The number of hydrogen-bond acceptors (Lipinski definition) is 5. The van der Waals surface area contributed by atoms with Gasteiger partial charge in [0.15, 0.2) is 12.6 Å². The minimum absolute atomic E-state index is 0.0645. The van der Waals surface area contributed by atoms with Crippen LogP contribution in [0.2, 0.25) is 0 Å². The number of aromatic nitrogens is 1. The number of nitrogens with zero attached hydrogens (tertiary/aromatic N) is 3. The lowest BCUT2D eigenvalue weighted by molar-refractivity contribution is -0.154. The van der Waals surface area contributed by atoms with Gasteiger partial charge in [0.2, 0.25) is 5.88 Å². The summed E-state index contributed by atoms with van der Waals surface area (Å²) in [6.07, 6.45) is -2.98. The second-order valence-corrected chi connectivity index (χ2v) is 5.98. The molecule has 1 aliphatic heterocycles. The Hall–Kier alpha value is -2.07. The summed E-state index contributed by atoms with van der Waals surface area (Å²) in [5.74, 6) is 0.589. The number of ether oxygens (including phenoxy) is 2. The van der Waals surface area contributed by atoms with E-state index in [9.17, 15) is 13.2 Å². The maximum Gasteiger partial charge on any atom is 0.422 e. The number of morpholine rings is 1. The van der Waals surface area contributed by atoms with Crippen molar-refractivity contribution >= 4 is 5.96 Å². The maximum atomic E-state index is 12.2. The molecule has 1 aliphatic rings. The van der Waals surface area contributed by atoms with Crippen LogP contribution in [-0.2, 0) is 11.3 Å². The van der Waals surface area contributed by atoms with Gasteiger partial charge in [-0.3, -0.25) is 4.90 Å². The first-order valence-electron chi connectivity index (χ1n) is 8.93. The van der Waals surface area contributed by atoms with Gasteiger partial charge in [0.25, 0.3) is 0 Å². The van der Waals surface area contributed by atoms with Crippen LogP contribution in [0.25, 0.3) is 0 Å². The summed E-state index contributed by atoms with van der Waals surface area (Å²) in [4.78, 5) is 10.6. The van der Waals surface area contributed by atoms with E-state index < -0.39 is 12.8 Å². The van der Waals surface area contributed by atoms with Gasteiger partial charge in [-0.05, 0) is 18.6 Å². The van der Waals surface area contributed by atoms with Gasteiger partial charge in [0.05, 0.1) is 19.8 Å². The molecule has 7 nitrogen and oxygen atoms in total. The van der Waals surface area contributed by atoms with Gasteiger partial charge in [0.1, 0.15) is 0 Å². The highest BCUT2D eigenvalue weighted by atomic mass is 19.4. The largest absolute Gasteiger partial charge is 0.468 e. The van der Waals surface area contributed by atoms with Gasteiger partial charge >= 0.3 is 6.18 Å². The molecule has 1 fully saturated rings. The van der Waals surface area contributed by atoms with Crippen LogP contribution < -0.4 is 15.4 Å². The van der Waals surface area contributed by atoms with Gasteiger partial charge in [-0.15, -0.1) is 0 Å². The van der Waals surface area contributed by atoms with Crippen molar-refractivity contribution in [3.8, 4) is 5.88 Å². The molecule has 0 bridgehead atoms. The minimum atomic E-state index is -4.39. The summed E-state index contributed by atoms with van der Waals surface area (Å²) < 4.78 is 46.7. The summed E-state index contributed by atoms with van der Waals surface area (Å²) in [5, 5.41) is 6.41. The normalized spacial score (nSPS) is 16.2. The Morgan fingerprint density at radius 3 is 2.81 bits per heavy atom. The SMILES string of the molecule is CCNC(=NCc1ccnc(OCC(F)(F)F)c1)NCCN1CCOCC1. The van der Waals surface area contributed by atoms with Crippen molar-refractivity contribution in [2.75, 3.05) is 52.5 Å². The highest BCUT2D eigenvalue weighted by Crippen LogP contribution is 2.17. The van der Waals surface area contributed by atoms with E-state index in [-0.39, 0.29) is 5.88 Å². The summed E-state index contributed by atoms with van der Waals surface area (Å²) in [5.41, 5.74) is 0.715. The first-order chi connectivity index (χ1) is 13.0. The first-order valence-corrected chi connectivity index (χ1v) is 8.93. The molecule has 0 aromatic carbocycles. The predicted octanol–water partition coefficient (Wildman–Crippen LogP) is 1.41. The third kappa shape index (κ3) is 8.91. The molecular weight excluding hydrogens is 363 g/mol. The van der Waals surface area contributed by atoms with Crippen LogP contribution in [0, 0.1) is 0 Å². The number of nitrogens with one attached hydrogen (secondary N) is 2. The van der Waals surface area contributed by atoms with Crippen molar-refractivity contribution in [3.05, 3.63) is 23.9 Å². The van der Waals surface area contributed by atoms with Crippen LogP contribution in [0.5, 0.6) is 5.88 Å². The molecule has 0 spiro atoms. The second kappa shape index (κ2) is 10.9. The molecule has 2 N–H and O–H groups in total. The fourth-order valence-electron chi connectivity index (χ4n) is 2.45. The molecule has 1 aromatic rings. The molecule has 0 aliphatic carbocycles. The van der Waals surface area contributed by atoms with E-state index in [1.165, 1.54) is 12.3 Å². The molecule has 27 heavy (non-hydrogen) atoms. The fourth-order valence-corrected chi connectivity index (χ4v) is 2.45.